The van der Waals surface area contributed by atoms with Crippen molar-refractivity contribution < 1.29 is 4.79 Å². The second-order valence-corrected chi connectivity index (χ2v) is 4.56. The monoisotopic (exact) mass is 269 g/mol. The van der Waals surface area contributed by atoms with Crippen molar-refractivity contribution in [3.05, 3.63) is 22.8 Å². The van der Waals surface area contributed by atoms with Crippen molar-refractivity contribution in [3.8, 4) is 0 Å². The molecule has 0 saturated heterocycles. The van der Waals surface area contributed by atoms with E-state index < -0.39 is 0 Å². The second kappa shape index (κ2) is 6.59. The highest BCUT2D eigenvalue weighted by molar-refractivity contribution is 6.33. The maximum atomic E-state index is 12.5. The Kier molecular flexibility index (Phi) is 5.41. The molecule has 18 heavy (non-hydrogen) atoms. The Balaban J connectivity index is 3.08. The first kappa shape index (κ1) is 14.8. The average Bonchev–Trinajstić information content (AvgIpc) is 2.39. The fourth-order valence-corrected chi connectivity index (χ4v) is 1.95. The number of amides is 1. The van der Waals surface area contributed by atoms with E-state index in [0.717, 1.165) is 6.42 Å². The largest absolute Gasteiger partial charge is 0.373 e. The van der Waals surface area contributed by atoms with Crippen molar-refractivity contribution in [2.24, 2.45) is 0 Å². The third-order valence-electron chi connectivity index (χ3n) is 3.07. The normalized spacial score (nSPS) is 12.1. The first-order chi connectivity index (χ1) is 8.54. The van der Waals surface area contributed by atoms with E-state index in [2.05, 4.69) is 17.2 Å². The third kappa shape index (κ3) is 3.13. The molecule has 0 fully saturated rings. The number of anilines is 1. The van der Waals surface area contributed by atoms with Gasteiger partial charge in [-0.1, -0.05) is 18.5 Å². The Bertz CT molecular complexity index is 423. The lowest BCUT2D eigenvalue weighted by molar-refractivity contribution is 0.0700. The van der Waals surface area contributed by atoms with Crippen LogP contribution in [-0.2, 0) is 0 Å². The number of nitrogens with one attached hydrogen (secondary N) is 1. The van der Waals surface area contributed by atoms with Crippen LogP contribution in [0, 0.1) is 0 Å². The Hall–Kier alpha value is -1.29. The van der Waals surface area contributed by atoms with Crippen molar-refractivity contribution in [1.29, 1.82) is 0 Å². The van der Waals surface area contributed by atoms with Gasteiger partial charge >= 0.3 is 0 Å². The SMILES string of the molecule is CCC(C)N(CC)C(=O)c1cc(NC)ncc1Cl. The number of hydrogen-bond acceptors (Lipinski definition) is 3. The summed E-state index contributed by atoms with van der Waals surface area (Å²) in [6, 6.07) is 1.89. The minimum Gasteiger partial charge on any atom is -0.373 e. The first-order valence-corrected chi connectivity index (χ1v) is 6.57. The molecule has 1 amide bonds. The molecule has 1 aromatic heterocycles. The molecule has 0 saturated carbocycles. The maximum Gasteiger partial charge on any atom is 0.255 e. The minimum absolute atomic E-state index is 0.0456. The van der Waals surface area contributed by atoms with Crippen LogP contribution < -0.4 is 5.32 Å². The molecule has 4 nitrogen and oxygen atoms in total. The number of halogens is 1. The van der Waals surface area contributed by atoms with Gasteiger partial charge in [-0.05, 0) is 26.3 Å². The van der Waals surface area contributed by atoms with Gasteiger partial charge in [-0.2, -0.15) is 0 Å². The Morgan fingerprint density at radius 3 is 2.72 bits per heavy atom. The van der Waals surface area contributed by atoms with Gasteiger partial charge in [0.05, 0.1) is 10.6 Å². The molecule has 1 rings (SSSR count). The van der Waals surface area contributed by atoms with Gasteiger partial charge in [0.2, 0.25) is 0 Å². The predicted molar refractivity (Wildman–Crippen MR) is 75.3 cm³/mol. The summed E-state index contributed by atoms with van der Waals surface area (Å²) in [7, 11) is 1.76. The average molecular weight is 270 g/mol. The summed E-state index contributed by atoms with van der Waals surface area (Å²) >= 11 is 6.06. The molecule has 0 spiro atoms. The smallest absolute Gasteiger partial charge is 0.255 e. The maximum absolute atomic E-state index is 12.5. The molecule has 0 aliphatic carbocycles. The van der Waals surface area contributed by atoms with E-state index in [-0.39, 0.29) is 11.9 Å². The number of nitrogens with zero attached hydrogens (tertiary/aromatic N) is 2. The Morgan fingerprint density at radius 2 is 2.22 bits per heavy atom. The zero-order valence-corrected chi connectivity index (χ0v) is 12.1. The zero-order valence-electron chi connectivity index (χ0n) is 11.3. The highest BCUT2D eigenvalue weighted by Crippen LogP contribution is 2.21. The van der Waals surface area contributed by atoms with Crippen LogP contribution in [0.4, 0.5) is 5.82 Å². The summed E-state index contributed by atoms with van der Waals surface area (Å²) in [5, 5.41) is 3.30. The minimum atomic E-state index is -0.0456. The molecule has 1 unspecified atom stereocenters. The molecule has 5 heteroatoms. The predicted octanol–water partition coefficient (Wildman–Crippen LogP) is 3.04. The highest BCUT2D eigenvalue weighted by Gasteiger charge is 2.21. The highest BCUT2D eigenvalue weighted by atomic mass is 35.5. The number of carbonyl (C=O) groups is 1. The number of carbonyl (C=O) groups excluding carboxylic acids is 1. The number of pyridine rings is 1. The molecule has 1 atom stereocenters. The zero-order chi connectivity index (χ0) is 13.7. The van der Waals surface area contributed by atoms with Gasteiger partial charge in [0, 0.05) is 25.8 Å². The molecule has 1 N–H and O–H groups in total. The quantitative estimate of drug-likeness (QED) is 0.894. The molecule has 0 aliphatic rings. The van der Waals surface area contributed by atoms with Gasteiger partial charge < -0.3 is 10.2 Å². The summed E-state index contributed by atoms with van der Waals surface area (Å²) in [6.45, 7) is 6.74. The van der Waals surface area contributed by atoms with Crippen LogP contribution in [0.3, 0.4) is 0 Å². The lowest BCUT2D eigenvalue weighted by Gasteiger charge is -2.27. The van der Waals surface area contributed by atoms with Crippen molar-refractivity contribution in [2.75, 3.05) is 18.9 Å². The molecule has 0 radical (unpaired) electrons. The van der Waals surface area contributed by atoms with E-state index in [4.69, 9.17) is 11.6 Å². The summed E-state index contributed by atoms with van der Waals surface area (Å²) < 4.78 is 0. The van der Waals surface area contributed by atoms with Crippen LogP contribution in [0.5, 0.6) is 0 Å². The second-order valence-electron chi connectivity index (χ2n) is 4.15. The molecule has 1 aromatic rings. The molecule has 0 aromatic carbocycles. The standard InChI is InChI=1S/C13H20ClN3O/c1-5-9(3)17(6-2)13(18)10-7-12(15-4)16-8-11(10)14/h7-9H,5-6H2,1-4H3,(H,15,16). The summed E-state index contributed by atoms with van der Waals surface area (Å²) in [4.78, 5) is 18.3. The van der Waals surface area contributed by atoms with Crippen LogP contribution in [0.2, 0.25) is 5.02 Å². The van der Waals surface area contributed by atoms with E-state index in [1.165, 1.54) is 6.20 Å². The van der Waals surface area contributed by atoms with Crippen LogP contribution in [0.25, 0.3) is 0 Å². The lowest BCUT2D eigenvalue weighted by atomic mass is 10.1. The van der Waals surface area contributed by atoms with Crippen molar-refractivity contribution in [1.82, 2.24) is 9.88 Å². The Morgan fingerprint density at radius 1 is 1.56 bits per heavy atom. The van der Waals surface area contributed by atoms with E-state index in [1.54, 1.807) is 13.1 Å². The van der Waals surface area contributed by atoms with Crippen LogP contribution in [0.1, 0.15) is 37.6 Å². The van der Waals surface area contributed by atoms with Crippen LogP contribution in [0.15, 0.2) is 12.3 Å². The number of aromatic nitrogens is 1. The van der Waals surface area contributed by atoms with Gasteiger partial charge in [-0.3, -0.25) is 4.79 Å². The molecule has 0 aliphatic heterocycles. The molecule has 1 heterocycles. The van der Waals surface area contributed by atoms with Gasteiger partial charge in [0.25, 0.3) is 5.91 Å². The fourth-order valence-electron chi connectivity index (χ4n) is 1.77. The van der Waals surface area contributed by atoms with E-state index in [9.17, 15) is 4.79 Å². The summed E-state index contributed by atoms with van der Waals surface area (Å²) in [6.07, 6.45) is 2.42. The molecule has 0 bridgehead atoms. The van der Waals surface area contributed by atoms with E-state index in [1.807, 2.05) is 18.7 Å². The van der Waals surface area contributed by atoms with Crippen LogP contribution in [-0.4, -0.2) is 35.4 Å². The third-order valence-corrected chi connectivity index (χ3v) is 3.37. The molecular formula is C13H20ClN3O. The van der Waals surface area contributed by atoms with Crippen LogP contribution >= 0.6 is 11.6 Å². The molecule has 100 valence electrons. The van der Waals surface area contributed by atoms with Gasteiger partial charge in [-0.25, -0.2) is 4.98 Å². The van der Waals surface area contributed by atoms with Gasteiger partial charge in [-0.15, -0.1) is 0 Å². The van der Waals surface area contributed by atoms with Crippen molar-refractivity contribution >= 4 is 23.3 Å². The summed E-state index contributed by atoms with van der Waals surface area (Å²) in [5.74, 6) is 0.596. The number of hydrogen-bond donors (Lipinski definition) is 1. The lowest BCUT2D eigenvalue weighted by Crippen LogP contribution is -2.38. The van der Waals surface area contributed by atoms with Gasteiger partial charge in [0.15, 0.2) is 0 Å². The summed E-state index contributed by atoms with van der Waals surface area (Å²) in [5.41, 5.74) is 0.498. The Labute approximate surface area is 113 Å². The molecular weight excluding hydrogens is 250 g/mol. The van der Waals surface area contributed by atoms with Crippen molar-refractivity contribution in [2.45, 2.75) is 33.2 Å². The fraction of sp³-hybridized carbons (Fsp3) is 0.538. The first-order valence-electron chi connectivity index (χ1n) is 6.19. The van der Waals surface area contributed by atoms with Crippen molar-refractivity contribution in [3.63, 3.8) is 0 Å². The van der Waals surface area contributed by atoms with E-state index >= 15 is 0 Å². The van der Waals surface area contributed by atoms with Gasteiger partial charge in [0.1, 0.15) is 5.82 Å². The number of rotatable bonds is 5. The topological polar surface area (TPSA) is 45.2 Å². The van der Waals surface area contributed by atoms with E-state index in [0.29, 0.717) is 22.9 Å².